The fourth-order valence-corrected chi connectivity index (χ4v) is 3.12. The Morgan fingerprint density at radius 3 is 2.65 bits per heavy atom. The molecular weight excluding hydrogens is 260 g/mol. The maximum absolute atomic E-state index is 11.9. The van der Waals surface area contributed by atoms with Crippen LogP contribution in [-0.2, 0) is 9.53 Å². The summed E-state index contributed by atoms with van der Waals surface area (Å²) in [5.74, 6) is -0.963. The van der Waals surface area contributed by atoms with Gasteiger partial charge in [0.05, 0.1) is 0 Å². The van der Waals surface area contributed by atoms with Crippen LogP contribution in [0.15, 0.2) is 0 Å². The van der Waals surface area contributed by atoms with Gasteiger partial charge in [-0.05, 0) is 53.0 Å². The van der Waals surface area contributed by atoms with E-state index in [4.69, 9.17) is 4.74 Å². The van der Waals surface area contributed by atoms with E-state index in [0.717, 1.165) is 19.4 Å². The van der Waals surface area contributed by atoms with Crippen molar-refractivity contribution in [3.63, 3.8) is 0 Å². The number of rotatable bonds is 2. The standard InChI is InChI=1S/C14H24N2O4/c1-13(2,3)20-12(19)15-14(11(17)18)6-8-16-7-4-5-10(16)9-14/h10H,4-9H2,1-3H3,(H,15,19)(H,17,18). The zero-order valence-electron chi connectivity index (χ0n) is 12.4. The number of carboxylic acids is 1. The van der Waals surface area contributed by atoms with Gasteiger partial charge in [0.1, 0.15) is 11.1 Å². The SMILES string of the molecule is CC(C)(C)OC(=O)NC1(C(=O)O)CCN2CCCC2C1. The lowest BCUT2D eigenvalue weighted by Crippen LogP contribution is -2.62. The van der Waals surface area contributed by atoms with E-state index in [1.807, 2.05) is 0 Å². The number of carbonyl (C=O) groups is 2. The van der Waals surface area contributed by atoms with Crippen molar-refractivity contribution in [1.82, 2.24) is 10.2 Å². The molecule has 0 aromatic rings. The predicted octanol–water partition coefficient (Wildman–Crippen LogP) is 1.59. The average molecular weight is 284 g/mol. The van der Waals surface area contributed by atoms with E-state index in [2.05, 4.69) is 10.2 Å². The van der Waals surface area contributed by atoms with Gasteiger partial charge >= 0.3 is 12.1 Å². The second kappa shape index (κ2) is 5.24. The highest BCUT2D eigenvalue weighted by molar-refractivity contribution is 5.84. The van der Waals surface area contributed by atoms with Crippen LogP contribution in [0.2, 0.25) is 0 Å². The number of amides is 1. The minimum absolute atomic E-state index is 0.259. The molecule has 2 unspecified atom stereocenters. The van der Waals surface area contributed by atoms with Crippen LogP contribution in [0.3, 0.4) is 0 Å². The molecule has 0 radical (unpaired) electrons. The molecule has 0 aliphatic carbocycles. The van der Waals surface area contributed by atoms with Crippen molar-refractivity contribution in [2.24, 2.45) is 0 Å². The normalized spacial score (nSPS) is 30.6. The summed E-state index contributed by atoms with van der Waals surface area (Å²) in [6.45, 7) is 7.04. The zero-order valence-corrected chi connectivity index (χ0v) is 12.4. The van der Waals surface area contributed by atoms with E-state index < -0.39 is 23.2 Å². The topological polar surface area (TPSA) is 78.9 Å². The second-order valence-corrected chi connectivity index (χ2v) is 6.80. The number of nitrogens with one attached hydrogen (secondary N) is 1. The van der Waals surface area contributed by atoms with Crippen LogP contribution < -0.4 is 5.32 Å². The van der Waals surface area contributed by atoms with Crippen LogP contribution in [0, 0.1) is 0 Å². The lowest BCUT2D eigenvalue weighted by atomic mass is 9.83. The first kappa shape index (κ1) is 15.1. The zero-order chi connectivity index (χ0) is 15.0. The summed E-state index contributed by atoms with van der Waals surface area (Å²) in [6.07, 6.45) is 2.35. The van der Waals surface area contributed by atoms with Crippen molar-refractivity contribution < 1.29 is 19.4 Å². The molecule has 6 nitrogen and oxygen atoms in total. The summed E-state index contributed by atoms with van der Waals surface area (Å²) < 4.78 is 5.20. The van der Waals surface area contributed by atoms with Crippen molar-refractivity contribution >= 4 is 12.1 Å². The molecule has 0 aromatic heterocycles. The van der Waals surface area contributed by atoms with E-state index in [1.165, 1.54) is 0 Å². The lowest BCUT2D eigenvalue weighted by molar-refractivity contribution is -0.147. The third kappa shape index (κ3) is 3.23. The highest BCUT2D eigenvalue weighted by Crippen LogP contribution is 2.33. The fraction of sp³-hybridized carbons (Fsp3) is 0.857. The van der Waals surface area contributed by atoms with Crippen molar-refractivity contribution in [2.45, 2.75) is 63.6 Å². The fourth-order valence-electron chi connectivity index (χ4n) is 3.12. The van der Waals surface area contributed by atoms with Crippen molar-refractivity contribution in [2.75, 3.05) is 13.1 Å². The molecule has 0 saturated carbocycles. The van der Waals surface area contributed by atoms with Crippen LogP contribution in [0.4, 0.5) is 4.79 Å². The molecule has 0 bridgehead atoms. The molecule has 2 atom stereocenters. The Morgan fingerprint density at radius 2 is 2.05 bits per heavy atom. The number of carbonyl (C=O) groups excluding carboxylic acids is 1. The molecular formula is C14H24N2O4. The molecule has 2 aliphatic rings. The smallest absolute Gasteiger partial charge is 0.408 e. The van der Waals surface area contributed by atoms with Gasteiger partial charge in [0.25, 0.3) is 0 Å². The van der Waals surface area contributed by atoms with Gasteiger partial charge in [0.15, 0.2) is 0 Å². The van der Waals surface area contributed by atoms with Crippen molar-refractivity contribution in [1.29, 1.82) is 0 Å². The molecule has 0 spiro atoms. The number of aliphatic carboxylic acids is 1. The van der Waals surface area contributed by atoms with E-state index in [0.29, 0.717) is 19.4 Å². The largest absolute Gasteiger partial charge is 0.480 e. The van der Waals surface area contributed by atoms with E-state index in [9.17, 15) is 14.7 Å². The Kier molecular flexibility index (Phi) is 3.95. The van der Waals surface area contributed by atoms with Gasteiger partial charge in [-0.15, -0.1) is 0 Å². The molecule has 114 valence electrons. The van der Waals surface area contributed by atoms with Crippen LogP contribution in [0.1, 0.15) is 46.5 Å². The highest BCUT2D eigenvalue weighted by atomic mass is 16.6. The van der Waals surface area contributed by atoms with Crippen LogP contribution in [0.25, 0.3) is 0 Å². The molecule has 0 aromatic carbocycles. The van der Waals surface area contributed by atoms with Crippen LogP contribution >= 0.6 is 0 Å². The third-order valence-corrected chi connectivity index (χ3v) is 4.06. The van der Waals surface area contributed by atoms with Gasteiger partial charge in [0, 0.05) is 12.6 Å². The number of ether oxygens (including phenoxy) is 1. The van der Waals surface area contributed by atoms with Gasteiger partial charge in [-0.25, -0.2) is 9.59 Å². The van der Waals surface area contributed by atoms with Gasteiger partial charge in [0.2, 0.25) is 0 Å². The number of hydrogen-bond donors (Lipinski definition) is 2. The number of hydrogen-bond acceptors (Lipinski definition) is 4. The molecule has 2 saturated heterocycles. The van der Waals surface area contributed by atoms with Gasteiger partial charge < -0.3 is 20.1 Å². The lowest BCUT2D eigenvalue weighted by Gasteiger charge is -2.41. The monoisotopic (exact) mass is 284 g/mol. The number of alkyl carbamates (subject to hydrolysis) is 1. The molecule has 2 N–H and O–H groups in total. The molecule has 2 heterocycles. The summed E-state index contributed by atoms with van der Waals surface area (Å²) in [5.41, 5.74) is -1.81. The molecule has 2 rings (SSSR count). The maximum atomic E-state index is 11.9. The predicted molar refractivity (Wildman–Crippen MR) is 73.6 cm³/mol. The number of fused-ring (bicyclic) bond motifs is 1. The number of carboxylic acid groups (broad SMARTS) is 1. The van der Waals surface area contributed by atoms with Gasteiger partial charge in [-0.2, -0.15) is 0 Å². The van der Waals surface area contributed by atoms with Crippen LogP contribution in [0.5, 0.6) is 0 Å². The number of piperidine rings is 1. The van der Waals surface area contributed by atoms with E-state index >= 15 is 0 Å². The molecule has 2 fully saturated rings. The molecule has 6 heteroatoms. The Labute approximate surface area is 119 Å². The third-order valence-electron chi connectivity index (χ3n) is 4.06. The summed E-state index contributed by atoms with van der Waals surface area (Å²) in [7, 11) is 0. The average Bonchev–Trinajstić information content (AvgIpc) is 2.72. The second-order valence-electron chi connectivity index (χ2n) is 6.80. The maximum Gasteiger partial charge on any atom is 0.408 e. The molecule has 2 aliphatic heterocycles. The highest BCUT2D eigenvalue weighted by Gasteiger charge is 2.48. The Morgan fingerprint density at radius 1 is 1.35 bits per heavy atom. The van der Waals surface area contributed by atoms with Gasteiger partial charge in [-0.1, -0.05) is 0 Å². The summed E-state index contributed by atoms with van der Waals surface area (Å²) in [6, 6.07) is 0.259. The Hall–Kier alpha value is -1.30. The molecule has 1 amide bonds. The molecule has 20 heavy (non-hydrogen) atoms. The minimum atomic E-state index is -1.19. The first-order valence-corrected chi connectivity index (χ1v) is 7.20. The van der Waals surface area contributed by atoms with E-state index in [1.54, 1.807) is 20.8 Å². The summed E-state index contributed by atoms with van der Waals surface area (Å²) in [5, 5.41) is 12.2. The summed E-state index contributed by atoms with van der Waals surface area (Å²) >= 11 is 0. The number of nitrogens with zero attached hydrogens (tertiary/aromatic N) is 1. The quantitative estimate of drug-likeness (QED) is 0.805. The first-order chi connectivity index (χ1) is 9.22. The van der Waals surface area contributed by atoms with Crippen LogP contribution in [-0.4, -0.2) is 52.3 Å². The first-order valence-electron chi connectivity index (χ1n) is 7.20. The Bertz CT molecular complexity index is 404. The Balaban J connectivity index is 2.07. The van der Waals surface area contributed by atoms with Crippen molar-refractivity contribution in [3.05, 3.63) is 0 Å². The minimum Gasteiger partial charge on any atom is -0.480 e. The van der Waals surface area contributed by atoms with E-state index in [-0.39, 0.29) is 6.04 Å². The van der Waals surface area contributed by atoms with Crippen molar-refractivity contribution in [3.8, 4) is 0 Å². The van der Waals surface area contributed by atoms with Gasteiger partial charge in [-0.3, -0.25) is 0 Å². The summed E-state index contributed by atoms with van der Waals surface area (Å²) in [4.78, 5) is 25.9.